The fourth-order valence-electron chi connectivity index (χ4n) is 9.39. The minimum absolute atomic E-state index is 0.145. The molecular weight excluding hydrogens is 686 g/mol. The van der Waals surface area contributed by atoms with Crippen molar-refractivity contribution in [1.29, 1.82) is 0 Å². The Morgan fingerprint density at radius 3 is 1.73 bits per heavy atom. The van der Waals surface area contributed by atoms with E-state index in [1.165, 1.54) is 66.2 Å². The van der Waals surface area contributed by atoms with Crippen molar-refractivity contribution in [3.05, 3.63) is 161 Å². The van der Waals surface area contributed by atoms with Crippen LogP contribution in [0.4, 0.5) is 0 Å². The molecule has 2 fully saturated rings. The molecule has 9 rings (SSSR count). The zero-order valence-corrected chi connectivity index (χ0v) is 30.5. The lowest BCUT2D eigenvalue weighted by Crippen LogP contribution is -2.46. The Morgan fingerprint density at radius 1 is 0.529 bits per heavy atom. The van der Waals surface area contributed by atoms with Crippen molar-refractivity contribution in [3.8, 4) is 45.3 Å². The van der Waals surface area contributed by atoms with Crippen LogP contribution < -0.4 is 0 Å². The summed E-state index contributed by atoms with van der Waals surface area (Å²) in [5.74, 6) is 2.80. The summed E-state index contributed by atoms with van der Waals surface area (Å²) in [7, 11) is 0. The Kier molecular flexibility index (Phi) is 8.16. The van der Waals surface area contributed by atoms with Crippen molar-refractivity contribution >= 4 is 26.7 Å². The first-order valence-corrected chi connectivity index (χ1v) is 19.0. The van der Waals surface area contributed by atoms with Crippen LogP contribution in [0.15, 0.2) is 150 Å². The Bertz CT molecular complexity index is 2280. The molecular formula is C47H40BrN3. The van der Waals surface area contributed by atoms with Gasteiger partial charge in [0.25, 0.3) is 0 Å². The van der Waals surface area contributed by atoms with E-state index < -0.39 is 0 Å². The van der Waals surface area contributed by atoms with Crippen molar-refractivity contribution < 1.29 is 0 Å². The third-order valence-electron chi connectivity index (χ3n) is 11.6. The molecule has 51 heavy (non-hydrogen) atoms. The average molecular weight is 727 g/mol. The van der Waals surface area contributed by atoms with Gasteiger partial charge in [-0.2, -0.15) is 0 Å². The first kappa shape index (κ1) is 32.0. The standard InChI is InChI=1S/C47H40BrN3/c1-46(29-32-11-10-28-47(30-32,31-46)37-22-24-38(48)25-23-37)36-20-18-33(19-21-36)39-26-27-42(41-17-9-8-16-40(39)41)45-50-43(34-12-4-2-5-13-34)49-44(51-45)35-14-6-3-7-15-35/h2-9,12-27,32H,10-11,28-31H2,1H3. The highest BCUT2D eigenvalue weighted by atomic mass is 79.9. The molecule has 0 amide bonds. The van der Waals surface area contributed by atoms with Crippen LogP contribution in [0.1, 0.15) is 56.6 Å². The number of hydrogen-bond donors (Lipinski definition) is 0. The molecule has 2 aliphatic rings. The number of benzene rings is 6. The smallest absolute Gasteiger partial charge is 0.164 e. The number of halogens is 1. The van der Waals surface area contributed by atoms with E-state index in [1.807, 2.05) is 36.4 Å². The van der Waals surface area contributed by atoms with Gasteiger partial charge < -0.3 is 0 Å². The average Bonchev–Trinajstić information content (AvgIpc) is 3.18. The summed E-state index contributed by atoms with van der Waals surface area (Å²) >= 11 is 3.67. The van der Waals surface area contributed by atoms with Crippen LogP contribution in [-0.4, -0.2) is 15.0 Å². The van der Waals surface area contributed by atoms with Crippen molar-refractivity contribution in [2.75, 3.05) is 0 Å². The number of fused-ring (bicyclic) bond motifs is 3. The van der Waals surface area contributed by atoms with Gasteiger partial charge in [0, 0.05) is 21.2 Å². The maximum absolute atomic E-state index is 5.05. The fourth-order valence-corrected chi connectivity index (χ4v) is 9.66. The lowest BCUT2D eigenvalue weighted by Gasteiger charge is -2.53. The molecule has 250 valence electrons. The van der Waals surface area contributed by atoms with Gasteiger partial charge in [-0.05, 0) is 93.7 Å². The Labute approximate surface area is 309 Å². The number of nitrogens with zero attached hydrogens (tertiary/aromatic N) is 3. The third-order valence-corrected chi connectivity index (χ3v) is 12.2. The maximum Gasteiger partial charge on any atom is 0.164 e. The minimum Gasteiger partial charge on any atom is -0.208 e. The molecule has 1 aromatic heterocycles. The van der Waals surface area contributed by atoms with Gasteiger partial charge in [0.1, 0.15) is 0 Å². The van der Waals surface area contributed by atoms with E-state index in [9.17, 15) is 0 Å². The highest BCUT2D eigenvalue weighted by Gasteiger charge is 2.49. The molecule has 2 bridgehead atoms. The summed E-state index contributed by atoms with van der Waals surface area (Å²) in [6.45, 7) is 2.53. The van der Waals surface area contributed by atoms with Crippen molar-refractivity contribution in [3.63, 3.8) is 0 Å². The molecule has 3 nitrogen and oxygen atoms in total. The van der Waals surface area contributed by atoms with Crippen LogP contribution in [0, 0.1) is 5.92 Å². The van der Waals surface area contributed by atoms with Gasteiger partial charge >= 0.3 is 0 Å². The lowest BCUT2D eigenvalue weighted by atomic mass is 9.51. The summed E-state index contributed by atoms with van der Waals surface area (Å²) in [6.07, 6.45) is 7.77. The highest BCUT2D eigenvalue weighted by molar-refractivity contribution is 9.10. The molecule has 3 atom stereocenters. The van der Waals surface area contributed by atoms with Gasteiger partial charge in [-0.25, -0.2) is 15.0 Å². The normalized spacial score (nSPS) is 21.4. The predicted molar refractivity (Wildman–Crippen MR) is 213 cm³/mol. The van der Waals surface area contributed by atoms with E-state index in [4.69, 9.17) is 15.0 Å². The number of hydrogen-bond acceptors (Lipinski definition) is 3. The minimum atomic E-state index is 0.145. The number of aromatic nitrogens is 3. The predicted octanol–water partition coefficient (Wildman–Crippen LogP) is 12.6. The monoisotopic (exact) mass is 725 g/mol. The SMILES string of the molecule is CC1(c2ccc(-c3ccc(-c4nc(-c5ccccc5)nc(-c5ccccc5)n4)c4ccccc34)cc2)CC2CCCC(c3ccc(Br)cc3)(C2)C1. The summed E-state index contributed by atoms with van der Waals surface area (Å²) < 4.78 is 1.16. The molecule has 3 unspecified atom stereocenters. The van der Waals surface area contributed by atoms with Crippen LogP contribution in [-0.2, 0) is 10.8 Å². The lowest BCUT2D eigenvalue weighted by molar-refractivity contribution is 0.0874. The second-order valence-corrected chi connectivity index (χ2v) is 15.9. The first-order valence-electron chi connectivity index (χ1n) is 18.2. The Hall–Kier alpha value is -4.93. The van der Waals surface area contributed by atoms with Crippen molar-refractivity contribution in [2.24, 2.45) is 5.92 Å². The van der Waals surface area contributed by atoms with Crippen LogP contribution in [0.2, 0.25) is 0 Å². The molecule has 0 radical (unpaired) electrons. The van der Waals surface area contributed by atoms with Crippen LogP contribution >= 0.6 is 15.9 Å². The molecule has 0 saturated heterocycles. The molecule has 4 heteroatoms. The van der Waals surface area contributed by atoms with Crippen LogP contribution in [0.3, 0.4) is 0 Å². The van der Waals surface area contributed by atoms with Gasteiger partial charge in [-0.15, -0.1) is 0 Å². The van der Waals surface area contributed by atoms with Crippen LogP contribution in [0.5, 0.6) is 0 Å². The third kappa shape index (κ3) is 6.00. The topological polar surface area (TPSA) is 38.7 Å². The van der Waals surface area contributed by atoms with E-state index >= 15 is 0 Å². The quantitative estimate of drug-likeness (QED) is 0.171. The molecule has 2 aliphatic carbocycles. The van der Waals surface area contributed by atoms with Gasteiger partial charge in [-0.3, -0.25) is 0 Å². The molecule has 0 spiro atoms. The second-order valence-electron chi connectivity index (χ2n) is 15.0. The maximum atomic E-state index is 5.05. The second kappa shape index (κ2) is 13.0. The summed E-state index contributed by atoms with van der Waals surface area (Å²) in [5.41, 5.74) is 8.79. The van der Waals surface area contributed by atoms with Crippen molar-refractivity contribution in [1.82, 2.24) is 15.0 Å². The van der Waals surface area contributed by atoms with E-state index in [2.05, 4.69) is 132 Å². The van der Waals surface area contributed by atoms with E-state index in [1.54, 1.807) is 0 Å². The van der Waals surface area contributed by atoms with Gasteiger partial charge in [0.05, 0.1) is 0 Å². The van der Waals surface area contributed by atoms with E-state index in [0.717, 1.165) is 32.5 Å². The largest absolute Gasteiger partial charge is 0.208 e. The molecule has 6 aromatic carbocycles. The summed E-state index contributed by atoms with van der Waals surface area (Å²) in [5, 5.41) is 2.32. The zero-order chi connectivity index (χ0) is 34.4. The van der Waals surface area contributed by atoms with Gasteiger partial charge in [0.15, 0.2) is 17.5 Å². The van der Waals surface area contributed by atoms with Gasteiger partial charge in [-0.1, -0.05) is 163 Å². The van der Waals surface area contributed by atoms with E-state index in [0.29, 0.717) is 17.5 Å². The first-order chi connectivity index (χ1) is 25.0. The molecule has 2 saturated carbocycles. The van der Waals surface area contributed by atoms with E-state index in [-0.39, 0.29) is 10.8 Å². The molecule has 0 aliphatic heterocycles. The molecule has 1 heterocycles. The molecule has 7 aromatic rings. The fraction of sp³-hybridized carbons (Fsp3) is 0.213. The Morgan fingerprint density at radius 2 is 1.08 bits per heavy atom. The number of rotatable bonds is 6. The Balaban J connectivity index is 1.09. The van der Waals surface area contributed by atoms with Crippen LogP contribution in [0.25, 0.3) is 56.1 Å². The molecule has 0 N–H and O–H groups in total. The van der Waals surface area contributed by atoms with Crippen molar-refractivity contribution in [2.45, 2.75) is 56.3 Å². The highest BCUT2D eigenvalue weighted by Crippen LogP contribution is 2.57. The zero-order valence-electron chi connectivity index (χ0n) is 28.9. The summed E-state index contributed by atoms with van der Waals surface area (Å²) in [6, 6.07) is 52.2. The summed E-state index contributed by atoms with van der Waals surface area (Å²) in [4.78, 5) is 15.0. The van der Waals surface area contributed by atoms with Gasteiger partial charge in [0.2, 0.25) is 0 Å².